The van der Waals surface area contributed by atoms with Crippen molar-refractivity contribution in [2.75, 3.05) is 0 Å². The lowest BCUT2D eigenvalue weighted by Gasteiger charge is -2.14. The van der Waals surface area contributed by atoms with Crippen molar-refractivity contribution in [2.45, 2.75) is 42.8 Å². The minimum Gasteiger partial charge on any atom is -0.119 e. The van der Waals surface area contributed by atoms with Crippen molar-refractivity contribution < 1.29 is 0 Å². The highest BCUT2D eigenvalue weighted by Gasteiger charge is 2.08. The molecule has 1 atom stereocenters. The van der Waals surface area contributed by atoms with Crippen molar-refractivity contribution in [1.82, 2.24) is 0 Å². The molecule has 21 heavy (non-hydrogen) atoms. The van der Waals surface area contributed by atoms with Gasteiger partial charge in [0.15, 0.2) is 0 Å². The summed E-state index contributed by atoms with van der Waals surface area (Å²) in [5, 5.41) is 0.490. The van der Waals surface area contributed by atoms with E-state index in [2.05, 4.69) is 74.2 Å². The fraction of sp³-hybridized carbons (Fsp3) is 0.300. The highest BCUT2D eigenvalue weighted by molar-refractivity contribution is 8.00. The highest BCUT2D eigenvalue weighted by Crippen LogP contribution is 2.28. The molecule has 0 nitrogen and oxygen atoms in total. The summed E-state index contributed by atoms with van der Waals surface area (Å²) >= 11 is 1.91. The van der Waals surface area contributed by atoms with Gasteiger partial charge >= 0.3 is 0 Å². The molecule has 0 saturated heterocycles. The number of hydrogen-bond acceptors (Lipinski definition) is 1. The van der Waals surface area contributed by atoms with Crippen molar-refractivity contribution in [3.8, 4) is 0 Å². The third kappa shape index (κ3) is 5.81. The van der Waals surface area contributed by atoms with E-state index in [0.717, 1.165) is 6.42 Å². The van der Waals surface area contributed by atoms with Crippen LogP contribution < -0.4 is 0 Å². The average Bonchev–Trinajstić information content (AvgIpc) is 2.53. The van der Waals surface area contributed by atoms with Gasteiger partial charge in [-0.25, -0.2) is 0 Å². The molecule has 2 aromatic rings. The summed E-state index contributed by atoms with van der Waals surface area (Å²) in [6, 6.07) is 21.3. The molecule has 0 heterocycles. The number of rotatable bonds is 8. The first-order valence-corrected chi connectivity index (χ1v) is 8.57. The molecule has 0 amide bonds. The molecule has 2 aromatic carbocycles. The molecule has 0 saturated carbocycles. The fourth-order valence-corrected chi connectivity index (χ4v) is 3.32. The van der Waals surface area contributed by atoms with Gasteiger partial charge in [-0.1, -0.05) is 60.7 Å². The van der Waals surface area contributed by atoms with Crippen LogP contribution in [0.15, 0.2) is 77.7 Å². The predicted molar refractivity (Wildman–Crippen MR) is 94.9 cm³/mol. The summed E-state index contributed by atoms with van der Waals surface area (Å²) < 4.78 is 0. The Bertz CT molecular complexity index is 530. The standard InChI is InChI=1S/C20H24S/c1-17(18(2)21-20-15-7-4-8-16-20)11-9-10-14-19-12-5-3-6-13-19/h3-8,12-13,15-16,18H,1,9-11,14H2,2H3. The van der Waals surface area contributed by atoms with Gasteiger partial charge in [0.25, 0.3) is 0 Å². The van der Waals surface area contributed by atoms with E-state index >= 15 is 0 Å². The van der Waals surface area contributed by atoms with Gasteiger partial charge in [0.2, 0.25) is 0 Å². The molecule has 0 fully saturated rings. The zero-order valence-electron chi connectivity index (χ0n) is 12.8. The number of thioether (sulfide) groups is 1. The maximum atomic E-state index is 4.27. The number of hydrogen-bond donors (Lipinski definition) is 0. The second-order valence-electron chi connectivity index (χ2n) is 5.42. The Balaban J connectivity index is 1.67. The van der Waals surface area contributed by atoms with Crippen LogP contribution >= 0.6 is 11.8 Å². The molecule has 0 radical (unpaired) electrons. The number of unbranched alkanes of at least 4 members (excludes halogenated alkanes) is 1. The number of benzene rings is 2. The minimum atomic E-state index is 0.490. The molecule has 0 N–H and O–H groups in total. The lowest BCUT2D eigenvalue weighted by molar-refractivity contribution is 0.720. The molecule has 110 valence electrons. The average molecular weight is 296 g/mol. The van der Waals surface area contributed by atoms with Crippen LogP contribution in [0.2, 0.25) is 0 Å². The summed E-state index contributed by atoms with van der Waals surface area (Å²) in [4.78, 5) is 1.33. The van der Waals surface area contributed by atoms with Gasteiger partial charge < -0.3 is 0 Å². The van der Waals surface area contributed by atoms with E-state index in [1.165, 1.54) is 35.3 Å². The van der Waals surface area contributed by atoms with Crippen molar-refractivity contribution in [2.24, 2.45) is 0 Å². The Kier molecular flexibility index (Phi) is 6.62. The lowest BCUT2D eigenvalue weighted by atomic mass is 10.0. The monoisotopic (exact) mass is 296 g/mol. The van der Waals surface area contributed by atoms with E-state index in [4.69, 9.17) is 0 Å². The third-order valence-electron chi connectivity index (χ3n) is 3.69. The summed E-state index contributed by atoms with van der Waals surface area (Å²) in [7, 11) is 0. The number of aryl methyl sites for hydroxylation is 1. The quantitative estimate of drug-likeness (QED) is 0.320. The molecule has 0 aliphatic heterocycles. The van der Waals surface area contributed by atoms with E-state index in [9.17, 15) is 0 Å². The zero-order chi connectivity index (χ0) is 14.9. The van der Waals surface area contributed by atoms with Crippen LogP contribution in [-0.2, 0) is 6.42 Å². The van der Waals surface area contributed by atoms with Crippen LogP contribution in [0.1, 0.15) is 31.7 Å². The maximum Gasteiger partial charge on any atom is 0.0272 e. The largest absolute Gasteiger partial charge is 0.119 e. The molecule has 1 heteroatoms. The first-order valence-electron chi connectivity index (χ1n) is 7.69. The maximum absolute atomic E-state index is 4.27. The van der Waals surface area contributed by atoms with Crippen molar-refractivity contribution in [3.63, 3.8) is 0 Å². The lowest BCUT2D eigenvalue weighted by Crippen LogP contribution is -2.00. The fourth-order valence-electron chi connectivity index (χ4n) is 2.32. The van der Waals surface area contributed by atoms with Crippen LogP contribution in [0, 0.1) is 0 Å². The second-order valence-corrected chi connectivity index (χ2v) is 6.84. The molecule has 0 spiro atoms. The van der Waals surface area contributed by atoms with Crippen molar-refractivity contribution in [3.05, 3.63) is 78.4 Å². The normalized spacial score (nSPS) is 12.0. The topological polar surface area (TPSA) is 0 Å². The van der Waals surface area contributed by atoms with Crippen LogP contribution in [0.5, 0.6) is 0 Å². The van der Waals surface area contributed by atoms with Gasteiger partial charge in [0.05, 0.1) is 0 Å². The predicted octanol–water partition coefficient (Wildman–Crippen LogP) is 6.14. The van der Waals surface area contributed by atoms with Crippen LogP contribution in [0.3, 0.4) is 0 Å². The second kappa shape index (κ2) is 8.74. The molecule has 0 aromatic heterocycles. The van der Waals surface area contributed by atoms with Crippen LogP contribution in [-0.4, -0.2) is 5.25 Å². The van der Waals surface area contributed by atoms with Crippen LogP contribution in [0.25, 0.3) is 0 Å². The minimum absolute atomic E-state index is 0.490. The van der Waals surface area contributed by atoms with Gasteiger partial charge in [0.1, 0.15) is 0 Å². The highest BCUT2D eigenvalue weighted by atomic mass is 32.2. The summed E-state index contributed by atoms with van der Waals surface area (Å²) in [5.74, 6) is 0. The van der Waals surface area contributed by atoms with E-state index < -0.39 is 0 Å². The first kappa shape index (κ1) is 15.9. The molecule has 1 unspecified atom stereocenters. The van der Waals surface area contributed by atoms with Gasteiger partial charge in [0, 0.05) is 10.1 Å². The van der Waals surface area contributed by atoms with E-state index in [1.807, 2.05) is 11.8 Å². The summed E-state index contributed by atoms with van der Waals surface area (Å²) in [6.07, 6.45) is 4.78. The molecular formula is C20H24S. The Morgan fingerprint density at radius 2 is 1.57 bits per heavy atom. The SMILES string of the molecule is C=C(CCCCc1ccccc1)C(C)Sc1ccccc1. The molecule has 0 aliphatic carbocycles. The third-order valence-corrected chi connectivity index (χ3v) is 4.92. The Hall–Kier alpha value is -1.47. The van der Waals surface area contributed by atoms with Gasteiger partial charge in [-0.3, -0.25) is 0 Å². The molecule has 2 rings (SSSR count). The zero-order valence-corrected chi connectivity index (χ0v) is 13.6. The Morgan fingerprint density at radius 1 is 0.952 bits per heavy atom. The summed E-state index contributed by atoms with van der Waals surface area (Å²) in [6.45, 7) is 6.54. The smallest absolute Gasteiger partial charge is 0.0272 e. The Labute approximate surface area is 133 Å². The van der Waals surface area contributed by atoms with E-state index in [1.54, 1.807) is 0 Å². The first-order chi connectivity index (χ1) is 10.3. The molecule has 0 bridgehead atoms. The van der Waals surface area contributed by atoms with Gasteiger partial charge in [-0.05, 0) is 50.3 Å². The molecule has 0 aliphatic rings. The van der Waals surface area contributed by atoms with Crippen molar-refractivity contribution >= 4 is 11.8 Å². The van der Waals surface area contributed by atoms with E-state index in [0.29, 0.717) is 5.25 Å². The summed E-state index contributed by atoms with van der Waals surface area (Å²) in [5.41, 5.74) is 2.80. The molecular weight excluding hydrogens is 272 g/mol. The van der Waals surface area contributed by atoms with Gasteiger partial charge in [-0.2, -0.15) is 0 Å². The van der Waals surface area contributed by atoms with E-state index in [-0.39, 0.29) is 0 Å². The van der Waals surface area contributed by atoms with Crippen molar-refractivity contribution in [1.29, 1.82) is 0 Å². The Morgan fingerprint density at radius 3 is 2.24 bits per heavy atom. The van der Waals surface area contributed by atoms with Crippen LogP contribution in [0.4, 0.5) is 0 Å². The van der Waals surface area contributed by atoms with Gasteiger partial charge in [-0.15, -0.1) is 11.8 Å².